The second kappa shape index (κ2) is 5.30. The third-order valence-electron chi connectivity index (χ3n) is 4.06. The molecule has 1 aromatic heterocycles. The van der Waals surface area contributed by atoms with Gasteiger partial charge in [0.05, 0.1) is 13.2 Å². The fraction of sp³-hybridized carbons (Fsp3) is 0.294. The van der Waals surface area contributed by atoms with Gasteiger partial charge in [0, 0.05) is 19.4 Å². The maximum Gasteiger partial charge on any atom is 0.137 e. The van der Waals surface area contributed by atoms with Gasteiger partial charge < -0.3 is 9.30 Å². The Morgan fingerprint density at radius 3 is 2.90 bits per heavy atom. The van der Waals surface area contributed by atoms with E-state index < -0.39 is 0 Å². The van der Waals surface area contributed by atoms with Gasteiger partial charge in [0.2, 0.25) is 0 Å². The summed E-state index contributed by atoms with van der Waals surface area (Å²) in [5.41, 5.74) is 1.30. The summed E-state index contributed by atoms with van der Waals surface area (Å²) in [4.78, 5) is 0. The minimum atomic E-state index is 0.742. The van der Waals surface area contributed by atoms with Crippen LogP contribution in [0.25, 0.3) is 10.8 Å². The topological polar surface area (TPSA) is 39.9 Å². The second-order valence-corrected chi connectivity index (χ2v) is 5.36. The predicted molar refractivity (Wildman–Crippen MR) is 81.3 cm³/mol. The number of nitrogens with zero attached hydrogens (tertiary/aromatic N) is 3. The van der Waals surface area contributed by atoms with Crippen molar-refractivity contribution >= 4 is 10.8 Å². The molecule has 1 aliphatic rings. The van der Waals surface area contributed by atoms with E-state index in [4.69, 9.17) is 4.74 Å². The smallest absolute Gasteiger partial charge is 0.137 e. The Kier molecular flexibility index (Phi) is 3.16. The van der Waals surface area contributed by atoms with E-state index in [-0.39, 0.29) is 0 Å². The van der Waals surface area contributed by atoms with Crippen molar-refractivity contribution in [3.63, 3.8) is 0 Å². The summed E-state index contributed by atoms with van der Waals surface area (Å²) in [6.07, 6.45) is 1.66. The molecule has 4 nitrogen and oxygen atoms in total. The summed E-state index contributed by atoms with van der Waals surface area (Å²) < 4.78 is 7.74. The average molecular weight is 279 g/mol. The molecule has 4 heteroatoms. The summed E-state index contributed by atoms with van der Waals surface area (Å²) in [5, 5.41) is 11.3. The molecule has 0 spiro atoms. The number of rotatable bonds is 2. The van der Waals surface area contributed by atoms with Crippen molar-refractivity contribution in [2.24, 2.45) is 0 Å². The van der Waals surface area contributed by atoms with Crippen LogP contribution in [-0.2, 0) is 24.1 Å². The molecule has 0 saturated carbocycles. The molecule has 0 amide bonds. The molecule has 21 heavy (non-hydrogen) atoms. The lowest BCUT2D eigenvalue weighted by Crippen LogP contribution is -2.09. The molecule has 106 valence electrons. The Hall–Kier alpha value is -2.20. The molecule has 1 aliphatic heterocycles. The van der Waals surface area contributed by atoms with Crippen LogP contribution in [0.5, 0.6) is 0 Å². The predicted octanol–water partition coefficient (Wildman–Crippen LogP) is 2.59. The number of benzene rings is 2. The van der Waals surface area contributed by atoms with Crippen LogP contribution in [0, 0.1) is 0 Å². The third-order valence-corrected chi connectivity index (χ3v) is 4.06. The normalized spacial score (nSPS) is 14.9. The highest BCUT2D eigenvalue weighted by Crippen LogP contribution is 2.21. The lowest BCUT2D eigenvalue weighted by atomic mass is 10.0. The van der Waals surface area contributed by atoms with Gasteiger partial charge in [-0.05, 0) is 16.3 Å². The Morgan fingerprint density at radius 1 is 1.00 bits per heavy atom. The first-order valence-electron chi connectivity index (χ1n) is 7.37. The summed E-state index contributed by atoms with van der Waals surface area (Å²) >= 11 is 0. The van der Waals surface area contributed by atoms with E-state index in [2.05, 4.69) is 57.2 Å². The summed E-state index contributed by atoms with van der Waals surface area (Å²) in [7, 11) is 0. The molecule has 3 aromatic rings. The van der Waals surface area contributed by atoms with Crippen molar-refractivity contribution in [2.75, 3.05) is 13.2 Å². The van der Waals surface area contributed by atoms with E-state index in [9.17, 15) is 0 Å². The lowest BCUT2D eigenvalue weighted by Gasteiger charge is -2.08. The number of hydrogen-bond acceptors (Lipinski definition) is 3. The van der Waals surface area contributed by atoms with Crippen LogP contribution in [0.4, 0.5) is 0 Å². The minimum absolute atomic E-state index is 0.742. The number of hydrogen-bond donors (Lipinski definition) is 0. The van der Waals surface area contributed by atoms with E-state index in [0.717, 1.165) is 44.2 Å². The molecule has 0 fully saturated rings. The Morgan fingerprint density at radius 2 is 1.90 bits per heavy atom. The molecule has 0 bridgehead atoms. The standard InChI is InChI=1S/C17H17N3O/c1-2-7-15-13(4-1)5-3-6-14(15)12-17-19-18-16-8-10-21-11-9-20(16)17/h1-7H,8-12H2. The Bertz CT molecular complexity index is 773. The van der Waals surface area contributed by atoms with Crippen LogP contribution in [0.3, 0.4) is 0 Å². The number of ether oxygens (including phenoxy) is 1. The van der Waals surface area contributed by atoms with Crippen LogP contribution >= 0.6 is 0 Å². The minimum Gasteiger partial charge on any atom is -0.379 e. The maximum atomic E-state index is 5.52. The van der Waals surface area contributed by atoms with E-state index >= 15 is 0 Å². The van der Waals surface area contributed by atoms with Gasteiger partial charge in [0.1, 0.15) is 11.6 Å². The first-order valence-corrected chi connectivity index (χ1v) is 7.37. The first-order chi connectivity index (χ1) is 10.4. The van der Waals surface area contributed by atoms with Gasteiger partial charge in [-0.15, -0.1) is 10.2 Å². The highest BCUT2D eigenvalue weighted by molar-refractivity contribution is 5.85. The maximum absolute atomic E-state index is 5.52. The Labute approximate surface area is 123 Å². The highest BCUT2D eigenvalue weighted by Gasteiger charge is 2.15. The summed E-state index contributed by atoms with van der Waals surface area (Å²) in [5.74, 6) is 2.08. The van der Waals surface area contributed by atoms with E-state index in [1.165, 1.54) is 16.3 Å². The van der Waals surface area contributed by atoms with Crippen molar-refractivity contribution in [2.45, 2.75) is 19.4 Å². The van der Waals surface area contributed by atoms with Crippen molar-refractivity contribution in [3.05, 3.63) is 59.7 Å². The average Bonchev–Trinajstić information content (AvgIpc) is 2.75. The van der Waals surface area contributed by atoms with Crippen LogP contribution in [-0.4, -0.2) is 28.0 Å². The first kappa shape index (κ1) is 12.5. The van der Waals surface area contributed by atoms with Gasteiger partial charge in [0.25, 0.3) is 0 Å². The van der Waals surface area contributed by atoms with Crippen LogP contribution in [0.1, 0.15) is 17.2 Å². The van der Waals surface area contributed by atoms with Crippen LogP contribution in [0.15, 0.2) is 42.5 Å². The van der Waals surface area contributed by atoms with Gasteiger partial charge in [-0.25, -0.2) is 0 Å². The number of aromatic nitrogens is 3. The van der Waals surface area contributed by atoms with Gasteiger partial charge in [0.15, 0.2) is 0 Å². The zero-order valence-corrected chi connectivity index (χ0v) is 11.8. The molecule has 0 aliphatic carbocycles. The monoisotopic (exact) mass is 279 g/mol. The zero-order chi connectivity index (χ0) is 14.1. The van der Waals surface area contributed by atoms with Crippen LogP contribution < -0.4 is 0 Å². The molecular formula is C17H17N3O. The SMILES string of the molecule is c1ccc2c(Cc3nnc4n3CCOCC4)cccc2c1. The van der Waals surface area contributed by atoms with Gasteiger partial charge in [-0.1, -0.05) is 42.5 Å². The molecular weight excluding hydrogens is 262 g/mol. The third kappa shape index (κ3) is 2.32. The van der Waals surface area contributed by atoms with Crippen LogP contribution in [0.2, 0.25) is 0 Å². The van der Waals surface area contributed by atoms with Crippen molar-refractivity contribution in [3.8, 4) is 0 Å². The fourth-order valence-electron chi connectivity index (χ4n) is 2.98. The van der Waals surface area contributed by atoms with Gasteiger partial charge in [-0.3, -0.25) is 0 Å². The largest absolute Gasteiger partial charge is 0.379 e. The molecule has 0 saturated heterocycles. The van der Waals surface area contributed by atoms with Crippen molar-refractivity contribution < 1.29 is 4.74 Å². The van der Waals surface area contributed by atoms with Crippen molar-refractivity contribution in [1.29, 1.82) is 0 Å². The zero-order valence-electron chi connectivity index (χ0n) is 11.8. The molecule has 0 unspecified atom stereocenters. The molecule has 4 rings (SSSR count). The molecule has 0 N–H and O–H groups in total. The number of fused-ring (bicyclic) bond motifs is 2. The molecule has 2 aromatic carbocycles. The van der Waals surface area contributed by atoms with E-state index in [1.807, 2.05) is 0 Å². The molecule has 0 radical (unpaired) electrons. The molecule has 2 heterocycles. The summed E-state index contributed by atoms with van der Waals surface area (Å²) in [6, 6.07) is 14.9. The van der Waals surface area contributed by atoms with Gasteiger partial charge in [-0.2, -0.15) is 0 Å². The van der Waals surface area contributed by atoms with Gasteiger partial charge >= 0.3 is 0 Å². The van der Waals surface area contributed by atoms with E-state index in [1.54, 1.807) is 0 Å². The fourth-order valence-corrected chi connectivity index (χ4v) is 2.98. The highest BCUT2D eigenvalue weighted by atomic mass is 16.5. The molecule has 0 atom stereocenters. The van der Waals surface area contributed by atoms with E-state index in [0.29, 0.717) is 0 Å². The lowest BCUT2D eigenvalue weighted by molar-refractivity contribution is 0.139. The summed E-state index contributed by atoms with van der Waals surface area (Å²) in [6.45, 7) is 2.34. The Balaban J connectivity index is 1.74. The second-order valence-electron chi connectivity index (χ2n) is 5.36. The quantitative estimate of drug-likeness (QED) is 0.724. The van der Waals surface area contributed by atoms with Crippen molar-refractivity contribution in [1.82, 2.24) is 14.8 Å².